The maximum absolute atomic E-state index is 12.5. The molecule has 0 aliphatic carbocycles. The lowest BCUT2D eigenvalue weighted by molar-refractivity contribution is 0.900. The van der Waals surface area contributed by atoms with Crippen LogP contribution in [0, 0.1) is 6.92 Å². The molecule has 0 atom stereocenters. The van der Waals surface area contributed by atoms with E-state index < -0.39 is 0 Å². The van der Waals surface area contributed by atoms with Crippen molar-refractivity contribution in [2.75, 3.05) is 0 Å². The van der Waals surface area contributed by atoms with Crippen molar-refractivity contribution in [2.45, 2.75) is 20.3 Å². The molecule has 0 aliphatic rings. The lowest BCUT2D eigenvalue weighted by atomic mass is 10.1. The predicted molar refractivity (Wildman–Crippen MR) is 101 cm³/mol. The first-order valence-electron chi connectivity index (χ1n) is 8.48. The highest BCUT2D eigenvalue weighted by Gasteiger charge is 2.14. The Labute approximate surface area is 149 Å². The summed E-state index contributed by atoms with van der Waals surface area (Å²) in [6.45, 7) is 3.93. The molecule has 0 fully saturated rings. The van der Waals surface area contributed by atoms with Crippen LogP contribution in [0.15, 0.2) is 58.3 Å². The molecule has 0 saturated carbocycles. The van der Waals surface area contributed by atoms with E-state index in [-0.39, 0.29) is 11.1 Å². The Kier molecular flexibility index (Phi) is 3.80. The Morgan fingerprint density at radius 2 is 1.85 bits per heavy atom. The standard InChI is InChI=1S/C20H18N4O2/c1-3-16-12(2)9-14(20(26)23-16)17-10-18(25)24-19(22-17)15(11-21-24)13-7-5-4-6-8-13/h4-11,21H,3H2,1-2H3,(H,23,26). The number of pyridine rings is 1. The summed E-state index contributed by atoms with van der Waals surface area (Å²) >= 11 is 0. The topological polar surface area (TPSA) is 83.0 Å². The van der Waals surface area contributed by atoms with Crippen molar-refractivity contribution in [1.82, 2.24) is 19.6 Å². The van der Waals surface area contributed by atoms with Gasteiger partial charge in [-0.1, -0.05) is 37.3 Å². The fourth-order valence-electron chi connectivity index (χ4n) is 3.18. The Morgan fingerprint density at radius 1 is 1.08 bits per heavy atom. The van der Waals surface area contributed by atoms with Gasteiger partial charge < -0.3 is 4.98 Å². The third-order valence-corrected chi connectivity index (χ3v) is 4.56. The summed E-state index contributed by atoms with van der Waals surface area (Å²) in [5, 5.41) is 2.93. The van der Waals surface area contributed by atoms with Gasteiger partial charge in [0.1, 0.15) is 0 Å². The van der Waals surface area contributed by atoms with E-state index in [1.54, 1.807) is 12.3 Å². The molecule has 6 heteroatoms. The highest BCUT2D eigenvalue weighted by molar-refractivity contribution is 5.78. The molecule has 0 aliphatic heterocycles. The van der Waals surface area contributed by atoms with Gasteiger partial charge in [0.25, 0.3) is 11.1 Å². The molecule has 3 heterocycles. The molecule has 4 aromatic rings. The molecule has 0 spiro atoms. The lowest BCUT2D eigenvalue weighted by Crippen LogP contribution is -2.18. The largest absolute Gasteiger partial charge is 0.325 e. The van der Waals surface area contributed by atoms with E-state index in [0.717, 1.165) is 28.8 Å². The van der Waals surface area contributed by atoms with Gasteiger partial charge in [0.05, 0.1) is 11.3 Å². The van der Waals surface area contributed by atoms with E-state index >= 15 is 0 Å². The number of nitrogens with one attached hydrogen (secondary N) is 2. The minimum Gasteiger partial charge on any atom is -0.325 e. The smallest absolute Gasteiger partial charge is 0.273 e. The molecule has 0 unspecified atom stereocenters. The fourth-order valence-corrected chi connectivity index (χ4v) is 3.18. The van der Waals surface area contributed by atoms with Crippen molar-refractivity contribution in [3.8, 4) is 22.4 Å². The monoisotopic (exact) mass is 346 g/mol. The Hall–Kier alpha value is -3.41. The van der Waals surface area contributed by atoms with E-state index in [0.29, 0.717) is 16.9 Å². The van der Waals surface area contributed by atoms with Gasteiger partial charge in [-0.2, -0.15) is 0 Å². The van der Waals surface area contributed by atoms with Crippen LogP contribution in [0.3, 0.4) is 0 Å². The van der Waals surface area contributed by atoms with Crippen LogP contribution in [0.2, 0.25) is 0 Å². The molecular weight excluding hydrogens is 328 g/mol. The van der Waals surface area contributed by atoms with Gasteiger partial charge in [-0.05, 0) is 30.5 Å². The van der Waals surface area contributed by atoms with E-state index in [2.05, 4.69) is 15.1 Å². The molecule has 0 bridgehead atoms. The number of rotatable bonds is 3. The average Bonchev–Trinajstić information content (AvgIpc) is 3.08. The third-order valence-electron chi connectivity index (χ3n) is 4.56. The first-order chi connectivity index (χ1) is 12.6. The summed E-state index contributed by atoms with van der Waals surface area (Å²) in [7, 11) is 0. The Balaban J connectivity index is 1.97. The van der Waals surface area contributed by atoms with Gasteiger partial charge in [-0.3, -0.25) is 14.7 Å². The Morgan fingerprint density at radius 3 is 2.58 bits per heavy atom. The van der Waals surface area contributed by atoms with Gasteiger partial charge in [0.2, 0.25) is 0 Å². The molecule has 3 aromatic heterocycles. The number of aromatic nitrogens is 4. The highest BCUT2D eigenvalue weighted by atomic mass is 16.1. The zero-order valence-electron chi connectivity index (χ0n) is 14.5. The summed E-state index contributed by atoms with van der Waals surface area (Å²) in [6.07, 6.45) is 2.49. The number of benzene rings is 1. The third kappa shape index (κ3) is 2.56. The van der Waals surface area contributed by atoms with E-state index in [1.807, 2.05) is 44.2 Å². The van der Waals surface area contributed by atoms with E-state index in [1.165, 1.54) is 10.6 Å². The molecule has 0 amide bonds. The van der Waals surface area contributed by atoms with Crippen LogP contribution in [0.25, 0.3) is 28.0 Å². The van der Waals surface area contributed by atoms with E-state index in [9.17, 15) is 9.59 Å². The fraction of sp³-hybridized carbons (Fsp3) is 0.150. The summed E-state index contributed by atoms with van der Waals surface area (Å²) in [5.41, 5.74) is 4.40. The predicted octanol–water partition coefficient (Wildman–Crippen LogP) is 2.92. The maximum atomic E-state index is 12.5. The number of hydrogen-bond acceptors (Lipinski definition) is 3. The van der Waals surface area contributed by atoms with Gasteiger partial charge in [-0.15, -0.1) is 0 Å². The van der Waals surface area contributed by atoms with Crippen molar-refractivity contribution in [3.05, 3.63) is 80.6 Å². The quantitative estimate of drug-likeness (QED) is 0.598. The number of hydrogen-bond donors (Lipinski definition) is 2. The molecule has 0 radical (unpaired) electrons. The van der Waals surface area contributed by atoms with Crippen LogP contribution < -0.4 is 11.1 Å². The van der Waals surface area contributed by atoms with Crippen LogP contribution in [-0.4, -0.2) is 19.6 Å². The molecule has 26 heavy (non-hydrogen) atoms. The second kappa shape index (κ2) is 6.15. The molecule has 2 N–H and O–H groups in total. The summed E-state index contributed by atoms with van der Waals surface area (Å²) in [6, 6.07) is 12.9. The van der Waals surface area contributed by atoms with Crippen LogP contribution in [0.4, 0.5) is 0 Å². The zero-order valence-corrected chi connectivity index (χ0v) is 14.5. The highest BCUT2D eigenvalue weighted by Crippen LogP contribution is 2.24. The minimum atomic E-state index is -0.260. The molecule has 0 saturated heterocycles. The SMILES string of the molecule is CCc1[nH]c(=O)c(-c2cc(=O)n3[nH]cc(-c4ccccc4)c3n2)cc1C. The normalized spacial score (nSPS) is 11.2. The molecule has 130 valence electrons. The second-order valence-corrected chi connectivity index (χ2v) is 6.22. The van der Waals surface area contributed by atoms with Crippen molar-refractivity contribution in [1.29, 1.82) is 0 Å². The van der Waals surface area contributed by atoms with Crippen LogP contribution >= 0.6 is 0 Å². The van der Waals surface area contributed by atoms with Crippen LogP contribution in [-0.2, 0) is 6.42 Å². The van der Waals surface area contributed by atoms with Crippen molar-refractivity contribution >= 4 is 5.65 Å². The zero-order chi connectivity index (χ0) is 18.3. The molecular formula is C20H18N4O2. The summed E-state index contributed by atoms with van der Waals surface area (Å²) in [4.78, 5) is 32.5. The molecule has 4 rings (SSSR count). The number of aryl methyl sites for hydroxylation is 2. The van der Waals surface area contributed by atoms with Gasteiger partial charge in [0, 0.05) is 23.5 Å². The first kappa shape index (κ1) is 16.1. The van der Waals surface area contributed by atoms with Gasteiger partial charge in [-0.25, -0.2) is 9.50 Å². The number of H-pyrrole nitrogens is 2. The minimum absolute atomic E-state index is 0.236. The first-order valence-corrected chi connectivity index (χ1v) is 8.48. The average molecular weight is 346 g/mol. The second-order valence-electron chi connectivity index (χ2n) is 6.22. The number of fused-ring (bicyclic) bond motifs is 1. The van der Waals surface area contributed by atoms with Gasteiger partial charge >= 0.3 is 0 Å². The maximum Gasteiger partial charge on any atom is 0.273 e. The molecule has 6 nitrogen and oxygen atoms in total. The summed E-state index contributed by atoms with van der Waals surface area (Å²) in [5.74, 6) is 0. The van der Waals surface area contributed by atoms with Crippen molar-refractivity contribution < 1.29 is 0 Å². The van der Waals surface area contributed by atoms with Gasteiger partial charge in [0.15, 0.2) is 5.65 Å². The van der Waals surface area contributed by atoms with Crippen LogP contribution in [0.5, 0.6) is 0 Å². The molecule has 1 aromatic carbocycles. The van der Waals surface area contributed by atoms with Crippen molar-refractivity contribution in [2.24, 2.45) is 0 Å². The van der Waals surface area contributed by atoms with Crippen molar-refractivity contribution in [3.63, 3.8) is 0 Å². The Bertz CT molecular complexity index is 1220. The summed E-state index contributed by atoms with van der Waals surface area (Å²) < 4.78 is 1.38. The lowest BCUT2D eigenvalue weighted by Gasteiger charge is -2.07. The number of nitrogens with zero attached hydrogens (tertiary/aromatic N) is 2. The van der Waals surface area contributed by atoms with E-state index in [4.69, 9.17) is 0 Å². The number of aromatic amines is 2. The van der Waals surface area contributed by atoms with Crippen LogP contribution in [0.1, 0.15) is 18.2 Å².